The molecule has 21 heavy (non-hydrogen) atoms. The second-order valence-corrected chi connectivity index (χ2v) is 4.66. The fourth-order valence-electron chi connectivity index (χ4n) is 2.13. The summed E-state index contributed by atoms with van der Waals surface area (Å²) in [5.41, 5.74) is 1.65. The van der Waals surface area contributed by atoms with Gasteiger partial charge in [-0.2, -0.15) is 13.2 Å². The number of fused-ring (bicyclic) bond motifs is 1. The largest absolute Gasteiger partial charge is 0.411 e. The standard InChI is InChI=1S/C14H14F3NO3/c1-2-9-3-4-11-10(7-9)12(19)13(20)18(11)5-6-21-8-14(15,16)17/h3-4,7H,2,5-6,8H2,1H3. The van der Waals surface area contributed by atoms with Crippen molar-refractivity contribution in [1.82, 2.24) is 0 Å². The van der Waals surface area contributed by atoms with Crippen LogP contribution in [0.4, 0.5) is 18.9 Å². The van der Waals surface area contributed by atoms with Gasteiger partial charge in [-0.25, -0.2) is 0 Å². The van der Waals surface area contributed by atoms with Crippen LogP contribution in [-0.2, 0) is 16.0 Å². The predicted molar refractivity (Wildman–Crippen MR) is 69.4 cm³/mol. The summed E-state index contributed by atoms with van der Waals surface area (Å²) >= 11 is 0. The molecule has 0 N–H and O–H groups in total. The molecule has 1 heterocycles. The van der Waals surface area contributed by atoms with Crippen molar-refractivity contribution in [2.24, 2.45) is 0 Å². The van der Waals surface area contributed by atoms with Gasteiger partial charge >= 0.3 is 6.18 Å². The molecule has 4 nitrogen and oxygen atoms in total. The monoisotopic (exact) mass is 301 g/mol. The van der Waals surface area contributed by atoms with Gasteiger partial charge in [-0.05, 0) is 24.1 Å². The molecule has 0 unspecified atom stereocenters. The molecule has 1 amide bonds. The molecule has 0 fully saturated rings. The van der Waals surface area contributed by atoms with Crippen LogP contribution in [0, 0.1) is 0 Å². The third-order valence-corrected chi connectivity index (χ3v) is 3.17. The minimum atomic E-state index is -4.40. The fourth-order valence-corrected chi connectivity index (χ4v) is 2.13. The minimum Gasteiger partial charge on any atom is -0.370 e. The summed E-state index contributed by atoms with van der Waals surface area (Å²) < 4.78 is 40.3. The van der Waals surface area contributed by atoms with E-state index in [4.69, 9.17) is 0 Å². The van der Waals surface area contributed by atoms with E-state index >= 15 is 0 Å². The normalized spacial score (nSPS) is 14.8. The molecule has 0 spiro atoms. The maximum absolute atomic E-state index is 12.0. The van der Waals surface area contributed by atoms with Crippen molar-refractivity contribution >= 4 is 17.4 Å². The van der Waals surface area contributed by atoms with Crippen molar-refractivity contribution in [1.29, 1.82) is 0 Å². The molecule has 0 aliphatic carbocycles. The van der Waals surface area contributed by atoms with Gasteiger partial charge < -0.3 is 9.64 Å². The Balaban J connectivity index is 2.05. The van der Waals surface area contributed by atoms with E-state index in [0.29, 0.717) is 11.3 Å². The summed E-state index contributed by atoms with van der Waals surface area (Å²) in [4.78, 5) is 24.9. The summed E-state index contributed by atoms with van der Waals surface area (Å²) in [7, 11) is 0. The van der Waals surface area contributed by atoms with Gasteiger partial charge in [0.15, 0.2) is 0 Å². The molecule has 7 heteroatoms. The topological polar surface area (TPSA) is 46.6 Å². The Morgan fingerprint density at radius 3 is 2.57 bits per heavy atom. The average molecular weight is 301 g/mol. The Morgan fingerprint density at radius 2 is 1.95 bits per heavy atom. The molecule has 1 aromatic carbocycles. The van der Waals surface area contributed by atoms with Gasteiger partial charge in [0.05, 0.1) is 17.9 Å². The summed E-state index contributed by atoms with van der Waals surface area (Å²) in [5.74, 6) is -1.36. The number of ketones is 1. The summed E-state index contributed by atoms with van der Waals surface area (Å²) in [6.07, 6.45) is -3.68. The smallest absolute Gasteiger partial charge is 0.370 e. The minimum absolute atomic E-state index is 0.0842. The number of amides is 1. The number of halogens is 3. The average Bonchev–Trinajstić information content (AvgIpc) is 2.66. The second-order valence-electron chi connectivity index (χ2n) is 4.66. The Hall–Kier alpha value is -1.89. The molecule has 1 aromatic rings. The quantitative estimate of drug-likeness (QED) is 0.619. The van der Waals surface area contributed by atoms with Crippen LogP contribution in [0.5, 0.6) is 0 Å². The van der Waals surface area contributed by atoms with Crippen LogP contribution in [-0.4, -0.2) is 37.6 Å². The molecule has 0 radical (unpaired) electrons. The molecule has 0 atom stereocenters. The van der Waals surface area contributed by atoms with Crippen molar-refractivity contribution in [2.75, 3.05) is 24.7 Å². The number of rotatable bonds is 5. The Morgan fingerprint density at radius 1 is 1.24 bits per heavy atom. The van der Waals surface area contributed by atoms with Crippen LogP contribution in [0.25, 0.3) is 0 Å². The number of alkyl halides is 3. The van der Waals surface area contributed by atoms with E-state index in [9.17, 15) is 22.8 Å². The number of benzene rings is 1. The van der Waals surface area contributed by atoms with E-state index < -0.39 is 24.5 Å². The third kappa shape index (κ3) is 3.41. The molecule has 0 saturated carbocycles. The number of aryl methyl sites for hydroxylation is 1. The lowest BCUT2D eigenvalue weighted by Crippen LogP contribution is -2.33. The highest BCUT2D eigenvalue weighted by Gasteiger charge is 2.35. The van der Waals surface area contributed by atoms with Gasteiger partial charge in [0.1, 0.15) is 6.61 Å². The first-order chi connectivity index (χ1) is 9.83. The van der Waals surface area contributed by atoms with Crippen LogP contribution >= 0.6 is 0 Å². The molecule has 1 aliphatic rings. The van der Waals surface area contributed by atoms with E-state index in [2.05, 4.69) is 4.74 Å². The van der Waals surface area contributed by atoms with E-state index in [1.807, 2.05) is 6.92 Å². The van der Waals surface area contributed by atoms with E-state index in [-0.39, 0.29) is 13.2 Å². The maximum atomic E-state index is 12.0. The Kier molecular flexibility index (Phi) is 4.32. The molecule has 0 bridgehead atoms. The van der Waals surface area contributed by atoms with Gasteiger partial charge in [-0.15, -0.1) is 0 Å². The van der Waals surface area contributed by atoms with Gasteiger partial charge in [0.2, 0.25) is 0 Å². The molecular weight excluding hydrogens is 287 g/mol. The highest BCUT2D eigenvalue weighted by molar-refractivity contribution is 6.52. The SMILES string of the molecule is CCc1ccc2c(c1)C(=O)C(=O)N2CCOCC(F)(F)F. The summed E-state index contributed by atoms with van der Waals surface area (Å²) in [5, 5.41) is 0. The highest BCUT2D eigenvalue weighted by atomic mass is 19.4. The van der Waals surface area contributed by atoms with Crippen molar-refractivity contribution < 1.29 is 27.5 Å². The molecule has 0 saturated heterocycles. The van der Waals surface area contributed by atoms with Crippen LogP contribution < -0.4 is 4.90 Å². The number of carbonyl (C=O) groups excluding carboxylic acids is 2. The van der Waals surface area contributed by atoms with E-state index in [1.165, 1.54) is 0 Å². The molecule has 1 aliphatic heterocycles. The number of hydrogen-bond acceptors (Lipinski definition) is 3. The molecule has 114 valence electrons. The van der Waals surface area contributed by atoms with Crippen molar-refractivity contribution in [2.45, 2.75) is 19.5 Å². The lowest BCUT2D eigenvalue weighted by molar-refractivity contribution is -0.173. The van der Waals surface area contributed by atoms with Crippen LogP contribution in [0.15, 0.2) is 18.2 Å². The zero-order chi connectivity index (χ0) is 15.6. The lowest BCUT2D eigenvalue weighted by atomic mass is 10.1. The van der Waals surface area contributed by atoms with Crippen molar-refractivity contribution in [3.05, 3.63) is 29.3 Å². The van der Waals surface area contributed by atoms with E-state index in [1.54, 1.807) is 18.2 Å². The first-order valence-electron chi connectivity index (χ1n) is 6.47. The zero-order valence-electron chi connectivity index (χ0n) is 11.4. The van der Waals surface area contributed by atoms with Gasteiger partial charge in [-0.3, -0.25) is 9.59 Å². The fraction of sp³-hybridized carbons (Fsp3) is 0.429. The van der Waals surface area contributed by atoms with Gasteiger partial charge in [-0.1, -0.05) is 13.0 Å². The highest BCUT2D eigenvalue weighted by Crippen LogP contribution is 2.29. The number of carbonyl (C=O) groups is 2. The summed E-state index contributed by atoms with van der Waals surface area (Å²) in [6, 6.07) is 5.07. The zero-order valence-corrected chi connectivity index (χ0v) is 11.4. The second kappa shape index (κ2) is 5.85. The van der Waals surface area contributed by atoms with Crippen LogP contribution in [0.3, 0.4) is 0 Å². The number of ether oxygens (including phenoxy) is 1. The Bertz CT molecular complexity index is 569. The van der Waals surface area contributed by atoms with Crippen LogP contribution in [0.2, 0.25) is 0 Å². The molecular formula is C14H14F3NO3. The predicted octanol–water partition coefficient (Wildman–Crippen LogP) is 2.36. The maximum Gasteiger partial charge on any atom is 0.411 e. The number of hydrogen-bond donors (Lipinski definition) is 0. The molecule has 0 aromatic heterocycles. The lowest BCUT2D eigenvalue weighted by Gasteiger charge is -2.17. The van der Waals surface area contributed by atoms with Crippen molar-refractivity contribution in [3.63, 3.8) is 0 Å². The summed E-state index contributed by atoms with van der Waals surface area (Å²) in [6.45, 7) is 0.183. The Labute approximate surface area is 119 Å². The van der Waals surface area contributed by atoms with Gasteiger partial charge in [0, 0.05) is 6.54 Å². The molecule has 2 rings (SSSR count). The van der Waals surface area contributed by atoms with E-state index in [0.717, 1.165) is 16.9 Å². The first-order valence-corrected chi connectivity index (χ1v) is 6.47. The number of anilines is 1. The number of nitrogens with zero attached hydrogens (tertiary/aromatic N) is 1. The first kappa shape index (κ1) is 15.5. The number of Topliss-reactive ketones (excluding diaryl/α,β-unsaturated/α-hetero) is 1. The third-order valence-electron chi connectivity index (χ3n) is 3.17. The van der Waals surface area contributed by atoms with Crippen molar-refractivity contribution in [3.8, 4) is 0 Å². The van der Waals surface area contributed by atoms with Gasteiger partial charge in [0.25, 0.3) is 11.7 Å². The van der Waals surface area contributed by atoms with Crippen LogP contribution in [0.1, 0.15) is 22.8 Å².